The van der Waals surface area contributed by atoms with Crippen LogP contribution in [0.15, 0.2) is 49.1 Å². The van der Waals surface area contributed by atoms with Crippen molar-refractivity contribution in [3.8, 4) is 5.75 Å². The highest BCUT2D eigenvalue weighted by Gasteiger charge is 2.30. The molecule has 0 spiro atoms. The third-order valence-corrected chi connectivity index (χ3v) is 4.53. The van der Waals surface area contributed by atoms with E-state index in [0.717, 1.165) is 36.1 Å². The monoisotopic (exact) mass is 374 g/mol. The summed E-state index contributed by atoms with van der Waals surface area (Å²) in [7, 11) is 1.65. The highest BCUT2D eigenvalue weighted by Crippen LogP contribution is 2.25. The second-order valence-corrected chi connectivity index (χ2v) is 7.08. The molecule has 0 aromatic heterocycles. The summed E-state index contributed by atoms with van der Waals surface area (Å²) in [4.78, 5) is 11.9. The molecule has 1 rings (SSSR count). The van der Waals surface area contributed by atoms with Gasteiger partial charge < -0.3 is 14.2 Å². The molecule has 0 amide bonds. The van der Waals surface area contributed by atoms with Crippen molar-refractivity contribution in [1.29, 1.82) is 0 Å². The first kappa shape index (κ1) is 23.0. The molecule has 1 aromatic carbocycles. The Morgan fingerprint density at radius 2 is 1.93 bits per heavy atom. The van der Waals surface area contributed by atoms with Crippen molar-refractivity contribution < 1.29 is 19.0 Å². The summed E-state index contributed by atoms with van der Waals surface area (Å²) >= 11 is 0. The van der Waals surface area contributed by atoms with Crippen molar-refractivity contribution in [2.75, 3.05) is 7.11 Å². The molecular formula is C23H34O4. The van der Waals surface area contributed by atoms with Crippen molar-refractivity contribution in [2.24, 2.45) is 5.92 Å². The number of hydrogen-bond acceptors (Lipinski definition) is 4. The van der Waals surface area contributed by atoms with E-state index in [0.29, 0.717) is 13.0 Å². The molecule has 3 atom stereocenters. The van der Waals surface area contributed by atoms with Crippen LogP contribution < -0.4 is 4.74 Å². The molecule has 0 aliphatic carbocycles. The van der Waals surface area contributed by atoms with Gasteiger partial charge in [-0.25, -0.2) is 4.79 Å². The van der Waals surface area contributed by atoms with E-state index in [9.17, 15) is 4.79 Å². The van der Waals surface area contributed by atoms with Crippen LogP contribution in [0.1, 0.15) is 52.0 Å². The molecule has 4 nitrogen and oxygen atoms in total. The van der Waals surface area contributed by atoms with Gasteiger partial charge in [-0.05, 0) is 37.0 Å². The summed E-state index contributed by atoms with van der Waals surface area (Å²) in [6, 6.07) is 7.79. The molecule has 0 fully saturated rings. The predicted octanol–water partition coefficient (Wildman–Crippen LogP) is 5.47. The van der Waals surface area contributed by atoms with Crippen molar-refractivity contribution in [3.05, 3.63) is 54.6 Å². The van der Waals surface area contributed by atoms with E-state index < -0.39 is 5.97 Å². The first-order valence-electron chi connectivity index (χ1n) is 9.63. The second-order valence-electron chi connectivity index (χ2n) is 7.08. The average molecular weight is 375 g/mol. The topological polar surface area (TPSA) is 44.8 Å². The zero-order valence-electron chi connectivity index (χ0n) is 17.2. The maximum Gasteiger partial charge on any atom is 0.330 e. The number of carbonyl (C=O) groups excluding carboxylic acids is 1. The average Bonchev–Trinajstić information content (AvgIpc) is 2.66. The van der Waals surface area contributed by atoms with Crippen LogP contribution in [0, 0.1) is 5.92 Å². The molecule has 0 aliphatic rings. The zero-order chi connectivity index (χ0) is 20.2. The highest BCUT2D eigenvalue weighted by molar-refractivity contribution is 5.81. The molecule has 0 unspecified atom stereocenters. The molecule has 4 heteroatoms. The molecule has 27 heavy (non-hydrogen) atoms. The number of unbranched alkanes of at least 4 members (excludes halogenated alkanes) is 1. The minimum Gasteiger partial charge on any atom is -0.497 e. The van der Waals surface area contributed by atoms with E-state index >= 15 is 0 Å². The Labute approximate surface area is 164 Å². The van der Waals surface area contributed by atoms with Crippen LogP contribution in [-0.2, 0) is 20.9 Å². The molecule has 0 bridgehead atoms. The first-order valence-corrected chi connectivity index (χ1v) is 9.63. The van der Waals surface area contributed by atoms with E-state index in [4.69, 9.17) is 14.2 Å². The Morgan fingerprint density at radius 3 is 2.44 bits per heavy atom. The molecule has 1 aromatic rings. The lowest BCUT2D eigenvalue weighted by atomic mass is 9.91. The summed E-state index contributed by atoms with van der Waals surface area (Å²) in [5.41, 5.74) is 2.00. The summed E-state index contributed by atoms with van der Waals surface area (Å²) in [6.45, 7) is 14.2. The van der Waals surface area contributed by atoms with Crippen LogP contribution in [-0.4, -0.2) is 25.3 Å². The van der Waals surface area contributed by atoms with Gasteiger partial charge in [0, 0.05) is 12.5 Å². The van der Waals surface area contributed by atoms with Gasteiger partial charge in [0.15, 0.2) is 0 Å². The van der Waals surface area contributed by atoms with Crippen molar-refractivity contribution in [2.45, 2.75) is 65.3 Å². The van der Waals surface area contributed by atoms with E-state index in [1.165, 1.54) is 6.08 Å². The minimum atomic E-state index is -0.429. The lowest BCUT2D eigenvalue weighted by Crippen LogP contribution is -2.38. The first-order chi connectivity index (χ1) is 12.9. The zero-order valence-corrected chi connectivity index (χ0v) is 17.2. The number of ether oxygens (including phenoxy) is 3. The summed E-state index contributed by atoms with van der Waals surface area (Å²) in [5.74, 6) is 0.638. The molecule has 150 valence electrons. The Kier molecular flexibility index (Phi) is 10.5. The standard InChI is InChI=1S/C23H34O4/c1-7-9-10-18(5)23(21(15-17(3)4)27-22(24)8-2)26-16-19-11-13-20(25-6)14-12-19/h8,11-14,18,21,23H,2-3,7,9-10,15-16H2,1,4-6H3/t18-,21-,23-/m1/s1. The Hall–Kier alpha value is -2.07. The second kappa shape index (κ2) is 12.3. The van der Waals surface area contributed by atoms with Crippen LogP contribution >= 0.6 is 0 Å². The van der Waals surface area contributed by atoms with E-state index in [2.05, 4.69) is 27.0 Å². The largest absolute Gasteiger partial charge is 0.497 e. The van der Waals surface area contributed by atoms with Gasteiger partial charge in [-0.3, -0.25) is 0 Å². The van der Waals surface area contributed by atoms with E-state index in [1.807, 2.05) is 31.2 Å². The van der Waals surface area contributed by atoms with Crippen molar-refractivity contribution in [3.63, 3.8) is 0 Å². The van der Waals surface area contributed by atoms with Crippen LogP contribution in [0.25, 0.3) is 0 Å². The van der Waals surface area contributed by atoms with Gasteiger partial charge in [-0.15, -0.1) is 0 Å². The number of hydrogen-bond donors (Lipinski definition) is 0. The number of benzene rings is 1. The molecule has 0 aliphatic heterocycles. The number of methoxy groups -OCH3 is 1. The number of rotatable bonds is 13. The van der Waals surface area contributed by atoms with Gasteiger partial charge in [0.05, 0.1) is 19.8 Å². The Balaban J connectivity index is 2.93. The van der Waals surface area contributed by atoms with Gasteiger partial charge >= 0.3 is 5.97 Å². The lowest BCUT2D eigenvalue weighted by Gasteiger charge is -2.32. The smallest absolute Gasteiger partial charge is 0.330 e. The lowest BCUT2D eigenvalue weighted by molar-refractivity contribution is -0.156. The normalized spacial score (nSPS) is 14.1. The van der Waals surface area contributed by atoms with Crippen LogP contribution in [0.2, 0.25) is 0 Å². The molecule has 0 saturated heterocycles. The fraction of sp³-hybridized carbons (Fsp3) is 0.522. The molecule has 0 radical (unpaired) electrons. The third kappa shape index (κ3) is 8.44. The molecule has 0 N–H and O–H groups in total. The third-order valence-electron chi connectivity index (χ3n) is 4.53. The van der Waals surface area contributed by atoms with Gasteiger partial charge in [-0.1, -0.05) is 57.6 Å². The van der Waals surface area contributed by atoms with Gasteiger partial charge in [0.25, 0.3) is 0 Å². The Morgan fingerprint density at radius 1 is 1.26 bits per heavy atom. The molecular weight excluding hydrogens is 340 g/mol. The van der Waals surface area contributed by atoms with E-state index in [-0.39, 0.29) is 18.1 Å². The van der Waals surface area contributed by atoms with Gasteiger partial charge in [0.1, 0.15) is 11.9 Å². The fourth-order valence-corrected chi connectivity index (χ4v) is 3.01. The van der Waals surface area contributed by atoms with Gasteiger partial charge in [0.2, 0.25) is 0 Å². The highest BCUT2D eigenvalue weighted by atomic mass is 16.6. The number of esters is 1. The maximum atomic E-state index is 11.9. The quantitative estimate of drug-likeness (QED) is 0.261. The van der Waals surface area contributed by atoms with Crippen molar-refractivity contribution >= 4 is 5.97 Å². The summed E-state index contributed by atoms with van der Waals surface area (Å²) < 4.78 is 17.1. The van der Waals surface area contributed by atoms with Crippen LogP contribution in [0.3, 0.4) is 0 Å². The summed E-state index contributed by atoms with van der Waals surface area (Å²) in [6.07, 6.45) is 4.43. The van der Waals surface area contributed by atoms with Crippen LogP contribution in [0.5, 0.6) is 5.75 Å². The van der Waals surface area contributed by atoms with Crippen LogP contribution in [0.4, 0.5) is 0 Å². The SMILES string of the molecule is C=CC(=O)O[C@H](CC(=C)C)[C@H](OCc1ccc(OC)cc1)[C@H](C)CCCC. The molecule has 0 heterocycles. The van der Waals surface area contributed by atoms with Crippen molar-refractivity contribution in [1.82, 2.24) is 0 Å². The van der Waals surface area contributed by atoms with Gasteiger partial charge in [-0.2, -0.15) is 0 Å². The summed E-state index contributed by atoms with van der Waals surface area (Å²) in [5, 5.41) is 0. The minimum absolute atomic E-state index is 0.209. The maximum absolute atomic E-state index is 11.9. The number of carbonyl (C=O) groups is 1. The predicted molar refractivity (Wildman–Crippen MR) is 110 cm³/mol. The molecule has 0 saturated carbocycles. The fourth-order valence-electron chi connectivity index (χ4n) is 3.01. The Bertz CT molecular complexity index is 591. The van der Waals surface area contributed by atoms with E-state index in [1.54, 1.807) is 7.11 Å².